The molecular weight excluding hydrogens is 226 g/mol. The highest BCUT2D eigenvalue weighted by Gasteiger charge is 2.05. The number of rotatable bonds is 7. The molecule has 3 heteroatoms. The van der Waals surface area contributed by atoms with Crippen LogP contribution in [0.4, 0.5) is 0 Å². The minimum atomic E-state index is 0.740. The molecule has 1 unspecified atom stereocenters. The fraction of sp³-hybridized carbons (Fsp3) is 0.667. The van der Waals surface area contributed by atoms with Gasteiger partial charge in [0, 0.05) is 4.88 Å². The smallest absolute Gasteiger partial charge is 0.0931 e. The van der Waals surface area contributed by atoms with E-state index in [0.29, 0.717) is 0 Å². The molecule has 0 aliphatic carbocycles. The Bertz CT molecular complexity index is 272. The van der Waals surface area contributed by atoms with Gasteiger partial charge in [-0.25, -0.2) is 0 Å². The summed E-state index contributed by atoms with van der Waals surface area (Å²) < 4.78 is 0.904. The van der Waals surface area contributed by atoms with E-state index < -0.39 is 0 Å². The third-order valence-corrected chi connectivity index (χ3v) is 3.67. The minimum Gasteiger partial charge on any atom is -0.317 e. The summed E-state index contributed by atoms with van der Waals surface area (Å²) in [7, 11) is 0. The highest BCUT2D eigenvalue weighted by molar-refractivity contribution is 7.16. The van der Waals surface area contributed by atoms with Crippen LogP contribution in [0, 0.1) is 5.92 Å². The second kappa shape index (κ2) is 7.26. The van der Waals surface area contributed by atoms with Crippen molar-refractivity contribution in [2.45, 2.75) is 33.1 Å². The van der Waals surface area contributed by atoms with Crippen LogP contribution in [0.2, 0.25) is 4.34 Å². The van der Waals surface area contributed by atoms with Gasteiger partial charge >= 0.3 is 0 Å². The molecule has 0 aliphatic heterocycles. The summed E-state index contributed by atoms with van der Waals surface area (Å²) in [5.74, 6) is 0.740. The van der Waals surface area contributed by atoms with Gasteiger partial charge in [-0.15, -0.1) is 11.3 Å². The maximum atomic E-state index is 5.90. The fourth-order valence-electron chi connectivity index (χ4n) is 1.56. The van der Waals surface area contributed by atoms with Crippen molar-refractivity contribution < 1.29 is 0 Å². The van der Waals surface area contributed by atoms with Crippen molar-refractivity contribution in [2.75, 3.05) is 13.1 Å². The maximum Gasteiger partial charge on any atom is 0.0931 e. The summed E-state index contributed by atoms with van der Waals surface area (Å²) >= 11 is 7.60. The Hall–Kier alpha value is -0.0500. The van der Waals surface area contributed by atoms with Crippen LogP contribution >= 0.6 is 22.9 Å². The Morgan fingerprint density at radius 3 is 2.80 bits per heavy atom. The molecular formula is C12H20ClNS. The predicted octanol–water partition coefficient (Wildman–Crippen LogP) is 3.97. The zero-order chi connectivity index (χ0) is 11.1. The Kier molecular flexibility index (Phi) is 6.30. The van der Waals surface area contributed by atoms with E-state index >= 15 is 0 Å². The lowest BCUT2D eigenvalue weighted by atomic mass is 10.0. The van der Waals surface area contributed by atoms with Gasteiger partial charge in [0.05, 0.1) is 4.34 Å². The summed E-state index contributed by atoms with van der Waals surface area (Å²) in [6.45, 7) is 6.77. The number of halogens is 1. The van der Waals surface area contributed by atoms with Crippen LogP contribution in [0.25, 0.3) is 0 Å². The molecule has 0 bridgehead atoms. The summed E-state index contributed by atoms with van der Waals surface area (Å²) in [4.78, 5) is 1.41. The van der Waals surface area contributed by atoms with E-state index in [1.807, 2.05) is 6.07 Å². The monoisotopic (exact) mass is 245 g/mol. The summed E-state index contributed by atoms with van der Waals surface area (Å²) in [6, 6.07) is 4.13. The molecule has 1 N–H and O–H groups in total. The molecule has 0 fully saturated rings. The molecule has 86 valence electrons. The van der Waals surface area contributed by atoms with E-state index in [1.54, 1.807) is 11.3 Å². The molecule has 1 atom stereocenters. The van der Waals surface area contributed by atoms with E-state index in [0.717, 1.165) is 29.8 Å². The van der Waals surface area contributed by atoms with Gasteiger partial charge in [-0.2, -0.15) is 0 Å². The van der Waals surface area contributed by atoms with Crippen molar-refractivity contribution in [3.63, 3.8) is 0 Å². The minimum absolute atomic E-state index is 0.740. The number of nitrogens with one attached hydrogen (secondary N) is 1. The van der Waals surface area contributed by atoms with Crippen LogP contribution in [-0.2, 0) is 6.42 Å². The van der Waals surface area contributed by atoms with Crippen molar-refractivity contribution in [3.8, 4) is 0 Å². The van der Waals surface area contributed by atoms with Crippen molar-refractivity contribution in [2.24, 2.45) is 5.92 Å². The molecule has 1 nitrogen and oxygen atoms in total. The fourth-order valence-corrected chi connectivity index (χ4v) is 2.81. The normalized spacial score (nSPS) is 13.0. The Morgan fingerprint density at radius 2 is 2.20 bits per heavy atom. The lowest BCUT2D eigenvalue weighted by Gasteiger charge is -2.10. The first kappa shape index (κ1) is 13.0. The average molecular weight is 246 g/mol. The lowest BCUT2D eigenvalue weighted by Crippen LogP contribution is -2.18. The van der Waals surface area contributed by atoms with Gasteiger partial charge in [-0.3, -0.25) is 0 Å². The van der Waals surface area contributed by atoms with Gasteiger partial charge in [-0.05, 0) is 50.4 Å². The number of hydrogen-bond donors (Lipinski definition) is 1. The third-order valence-electron chi connectivity index (χ3n) is 2.42. The van der Waals surface area contributed by atoms with Gasteiger partial charge in [0.25, 0.3) is 0 Å². The van der Waals surface area contributed by atoms with Gasteiger partial charge in [-0.1, -0.05) is 25.4 Å². The van der Waals surface area contributed by atoms with Crippen molar-refractivity contribution in [1.29, 1.82) is 0 Å². The molecule has 0 spiro atoms. The van der Waals surface area contributed by atoms with E-state index in [-0.39, 0.29) is 0 Å². The van der Waals surface area contributed by atoms with E-state index in [1.165, 1.54) is 17.7 Å². The molecule has 1 aromatic rings. The van der Waals surface area contributed by atoms with Crippen molar-refractivity contribution in [3.05, 3.63) is 21.3 Å². The highest BCUT2D eigenvalue weighted by Crippen LogP contribution is 2.24. The maximum absolute atomic E-state index is 5.90. The molecule has 0 saturated carbocycles. The number of thiophene rings is 1. The molecule has 0 radical (unpaired) electrons. The van der Waals surface area contributed by atoms with E-state index in [2.05, 4.69) is 25.2 Å². The Balaban J connectivity index is 2.15. The number of hydrogen-bond acceptors (Lipinski definition) is 2. The van der Waals surface area contributed by atoms with Gasteiger partial charge in [0.15, 0.2) is 0 Å². The Labute approximate surface area is 102 Å². The molecule has 0 amide bonds. The molecule has 1 heterocycles. The van der Waals surface area contributed by atoms with Gasteiger partial charge < -0.3 is 5.32 Å². The largest absolute Gasteiger partial charge is 0.317 e. The first-order chi connectivity index (χ1) is 7.22. The van der Waals surface area contributed by atoms with Crippen LogP contribution in [0.3, 0.4) is 0 Å². The van der Waals surface area contributed by atoms with Crippen LogP contribution in [-0.4, -0.2) is 13.1 Å². The second-order valence-electron chi connectivity index (χ2n) is 4.05. The summed E-state index contributed by atoms with van der Waals surface area (Å²) in [5.41, 5.74) is 0. The topological polar surface area (TPSA) is 12.0 Å². The second-order valence-corrected chi connectivity index (χ2v) is 5.85. The molecule has 0 aliphatic rings. The lowest BCUT2D eigenvalue weighted by molar-refractivity contribution is 0.501. The van der Waals surface area contributed by atoms with Gasteiger partial charge in [0.1, 0.15) is 0 Å². The zero-order valence-corrected chi connectivity index (χ0v) is 11.1. The molecule has 15 heavy (non-hydrogen) atoms. The molecule has 1 rings (SSSR count). The van der Waals surface area contributed by atoms with E-state index in [9.17, 15) is 0 Å². The predicted molar refractivity (Wildman–Crippen MR) is 70.0 cm³/mol. The molecule has 0 aromatic carbocycles. The van der Waals surface area contributed by atoms with Crippen molar-refractivity contribution in [1.82, 2.24) is 5.32 Å². The van der Waals surface area contributed by atoms with Crippen LogP contribution in [0.5, 0.6) is 0 Å². The molecule has 1 aromatic heterocycles. The first-order valence-electron chi connectivity index (χ1n) is 5.67. The van der Waals surface area contributed by atoms with Crippen LogP contribution < -0.4 is 5.32 Å². The van der Waals surface area contributed by atoms with Crippen LogP contribution in [0.15, 0.2) is 12.1 Å². The average Bonchev–Trinajstić information content (AvgIpc) is 2.59. The van der Waals surface area contributed by atoms with Crippen molar-refractivity contribution >= 4 is 22.9 Å². The highest BCUT2D eigenvalue weighted by atomic mass is 35.5. The zero-order valence-electron chi connectivity index (χ0n) is 9.55. The SMILES string of the molecule is CCCNCCC(C)Cc1ccc(Cl)s1. The summed E-state index contributed by atoms with van der Waals surface area (Å²) in [6.07, 6.45) is 3.62. The van der Waals surface area contributed by atoms with E-state index in [4.69, 9.17) is 11.6 Å². The third kappa shape index (κ3) is 5.55. The first-order valence-corrected chi connectivity index (χ1v) is 6.86. The summed E-state index contributed by atoms with van der Waals surface area (Å²) in [5, 5.41) is 3.43. The van der Waals surface area contributed by atoms with Crippen LogP contribution in [0.1, 0.15) is 31.6 Å². The Morgan fingerprint density at radius 1 is 1.40 bits per heavy atom. The quantitative estimate of drug-likeness (QED) is 0.717. The molecule has 0 saturated heterocycles. The van der Waals surface area contributed by atoms with Gasteiger partial charge in [0.2, 0.25) is 0 Å². The standard InChI is InChI=1S/C12H20ClNS/c1-3-7-14-8-6-10(2)9-11-4-5-12(13)15-11/h4-5,10,14H,3,6-9H2,1-2H3.